The molecular formula is C33H40N3O2S+. The summed E-state index contributed by atoms with van der Waals surface area (Å²) in [6.45, 7) is 15.6. The Balaban J connectivity index is 1.49. The highest BCUT2D eigenvalue weighted by Gasteiger charge is 2.45. The molecule has 3 aromatic carbocycles. The van der Waals surface area contributed by atoms with Crippen molar-refractivity contribution in [1.29, 1.82) is 0 Å². The highest BCUT2D eigenvalue weighted by molar-refractivity contribution is 7.94. The van der Waals surface area contributed by atoms with Gasteiger partial charge in [-0.2, -0.15) is 9.64 Å². The molecule has 5 nitrogen and oxygen atoms in total. The molecule has 2 heterocycles. The summed E-state index contributed by atoms with van der Waals surface area (Å²) in [6.07, 6.45) is 6.88. The molecular weight excluding hydrogens is 502 g/mol. The van der Waals surface area contributed by atoms with Gasteiger partial charge in [-0.15, -0.1) is 9.32 Å². The van der Waals surface area contributed by atoms with Gasteiger partial charge in [0.05, 0.1) is 17.5 Å². The molecule has 0 radical (unpaired) electrons. The standard InChI is InChI=1S/C33H40N3O2S/c1-9-35-27-21-19-24(39-38-37-34(7)8)22-26(27)32(3,4)29(35)16-13-17-30-33(5,6)31-25-15-12-11-14-23(25)18-20-28(31)36(30)10-2/h11-22H,9-10H2,1-8H3/q+1. The van der Waals surface area contributed by atoms with E-state index in [1.54, 1.807) is 14.1 Å². The number of likely N-dealkylation sites (N-methyl/N-ethyl adjacent to an activating group) is 1. The first-order valence-electron chi connectivity index (χ1n) is 13.8. The summed E-state index contributed by atoms with van der Waals surface area (Å²) >= 11 is 1.23. The third kappa shape index (κ3) is 4.74. The predicted octanol–water partition coefficient (Wildman–Crippen LogP) is 7.93. The molecule has 0 aromatic heterocycles. The molecule has 3 aromatic rings. The van der Waals surface area contributed by atoms with Crippen molar-refractivity contribution in [1.82, 2.24) is 5.06 Å². The number of hydrogen-bond acceptors (Lipinski definition) is 5. The van der Waals surface area contributed by atoms with Crippen LogP contribution in [-0.2, 0) is 20.2 Å². The van der Waals surface area contributed by atoms with E-state index in [9.17, 15) is 0 Å². The molecule has 0 N–H and O–H groups in total. The van der Waals surface area contributed by atoms with E-state index in [0.717, 1.165) is 18.0 Å². The van der Waals surface area contributed by atoms with Crippen molar-refractivity contribution >= 4 is 39.9 Å². The predicted molar refractivity (Wildman–Crippen MR) is 164 cm³/mol. The zero-order valence-corrected chi connectivity index (χ0v) is 25.2. The number of hydroxylamine groups is 2. The van der Waals surface area contributed by atoms with Gasteiger partial charge in [-0.3, -0.25) is 0 Å². The average molecular weight is 543 g/mol. The van der Waals surface area contributed by atoms with Crippen LogP contribution in [0.5, 0.6) is 0 Å². The largest absolute Gasteiger partial charge is 0.344 e. The van der Waals surface area contributed by atoms with Crippen LogP contribution in [0.25, 0.3) is 10.8 Å². The van der Waals surface area contributed by atoms with Crippen LogP contribution in [0.3, 0.4) is 0 Å². The second-order valence-electron chi connectivity index (χ2n) is 11.4. The monoisotopic (exact) mass is 542 g/mol. The maximum Gasteiger partial charge on any atom is 0.210 e. The first kappa shape index (κ1) is 27.7. The van der Waals surface area contributed by atoms with Gasteiger partial charge in [0.15, 0.2) is 5.71 Å². The number of fused-ring (bicyclic) bond motifs is 4. The smallest absolute Gasteiger partial charge is 0.210 e. The second-order valence-corrected chi connectivity index (χ2v) is 12.2. The van der Waals surface area contributed by atoms with E-state index in [1.807, 2.05) is 0 Å². The SMILES string of the molecule is CCN1C(=CC=CC2=[N+](CC)c3ccc4ccccc4c3C2(C)C)C(C)(C)c2cc(SOON(C)C)ccc21. The van der Waals surface area contributed by atoms with Crippen LogP contribution in [0.4, 0.5) is 11.4 Å². The van der Waals surface area contributed by atoms with E-state index >= 15 is 0 Å². The van der Waals surface area contributed by atoms with E-state index in [1.165, 1.54) is 61.8 Å². The molecule has 2 aliphatic rings. The van der Waals surface area contributed by atoms with Gasteiger partial charge >= 0.3 is 0 Å². The van der Waals surface area contributed by atoms with Crippen LogP contribution in [0.2, 0.25) is 0 Å². The van der Waals surface area contributed by atoms with Crippen molar-refractivity contribution in [2.24, 2.45) is 0 Å². The molecule has 0 aliphatic carbocycles. The fraction of sp³-hybridized carbons (Fsp3) is 0.364. The molecule has 0 unspecified atom stereocenters. The lowest BCUT2D eigenvalue weighted by atomic mass is 9.79. The molecule has 5 rings (SSSR count). The number of rotatable bonds is 8. The van der Waals surface area contributed by atoms with Crippen LogP contribution in [0.15, 0.2) is 83.4 Å². The molecule has 204 valence electrons. The lowest BCUT2D eigenvalue weighted by molar-refractivity contribution is -0.433. The fourth-order valence-corrected chi connectivity index (χ4v) is 6.79. The highest BCUT2D eigenvalue weighted by atomic mass is 32.2. The summed E-state index contributed by atoms with van der Waals surface area (Å²) in [4.78, 5) is 8.57. The molecule has 0 spiro atoms. The number of allylic oxidation sites excluding steroid dienone is 4. The minimum Gasteiger partial charge on any atom is -0.344 e. The maximum atomic E-state index is 5.30. The molecule has 6 heteroatoms. The van der Waals surface area contributed by atoms with Gasteiger partial charge in [-0.1, -0.05) is 44.2 Å². The van der Waals surface area contributed by atoms with Crippen LogP contribution in [-0.4, -0.2) is 42.5 Å². The van der Waals surface area contributed by atoms with E-state index in [0.29, 0.717) is 0 Å². The van der Waals surface area contributed by atoms with Crippen molar-refractivity contribution < 1.29 is 13.9 Å². The molecule has 0 saturated heterocycles. The van der Waals surface area contributed by atoms with Crippen molar-refractivity contribution in [2.75, 3.05) is 32.1 Å². The number of hydrogen-bond donors (Lipinski definition) is 0. The molecule has 2 aliphatic heterocycles. The Hall–Kier alpha value is -2.90. The quantitative estimate of drug-likeness (QED) is 0.125. The van der Waals surface area contributed by atoms with Gasteiger partial charge in [0.1, 0.15) is 6.54 Å². The maximum absolute atomic E-state index is 5.30. The number of anilines is 1. The van der Waals surface area contributed by atoms with Gasteiger partial charge < -0.3 is 4.90 Å². The van der Waals surface area contributed by atoms with Crippen LogP contribution < -0.4 is 4.90 Å². The minimum absolute atomic E-state index is 0.0967. The summed E-state index contributed by atoms with van der Waals surface area (Å²) in [5.74, 6) is 0. The Kier molecular flexibility index (Phi) is 7.51. The van der Waals surface area contributed by atoms with Gasteiger partial charge in [-0.05, 0) is 74.4 Å². The normalized spacial score (nSPS) is 18.7. The third-order valence-corrected chi connectivity index (χ3v) is 8.64. The van der Waals surface area contributed by atoms with E-state index in [-0.39, 0.29) is 10.8 Å². The Morgan fingerprint density at radius 2 is 1.74 bits per heavy atom. The molecule has 0 fully saturated rings. The van der Waals surface area contributed by atoms with Crippen molar-refractivity contribution in [2.45, 2.75) is 57.3 Å². The Labute approximate surface area is 237 Å². The summed E-state index contributed by atoms with van der Waals surface area (Å²) in [7, 11) is 3.59. The van der Waals surface area contributed by atoms with Crippen LogP contribution >= 0.6 is 12.0 Å². The molecule has 0 bridgehead atoms. The summed E-state index contributed by atoms with van der Waals surface area (Å²) < 4.78 is 7.77. The zero-order valence-electron chi connectivity index (χ0n) is 24.4. The van der Waals surface area contributed by atoms with Crippen molar-refractivity contribution in [3.8, 4) is 0 Å². The van der Waals surface area contributed by atoms with Gasteiger partial charge in [0.2, 0.25) is 5.69 Å². The van der Waals surface area contributed by atoms with Gasteiger partial charge in [0, 0.05) is 60.0 Å². The van der Waals surface area contributed by atoms with E-state index in [4.69, 9.17) is 9.32 Å². The van der Waals surface area contributed by atoms with E-state index in [2.05, 4.69) is 124 Å². The first-order valence-corrected chi connectivity index (χ1v) is 14.5. The summed E-state index contributed by atoms with van der Waals surface area (Å²) in [6, 6.07) is 19.8. The number of benzene rings is 3. The molecule has 39 heavy (non-hydrogen) atoms. The zero-order chi connectivity index (χ0) is 27.9. The van der Waals surface area contributed by atoms with Crippen LogP contribution in [0, 0.1) is 0 Å². The molecule has 0 atom stereocenters. The van der Waals surface area contributed by atoms with Crippen LogP contribution in [0.1, 0.15) is 52.7 Å². The third-order valence-electron chi connectivity index (χ3n) is 8.07. The number of nitrogens with zero attached hydrogens (tertiary/aromatic N) is 3. The lowest BCUT2D eigenvalue weighted by Crippen LogP contribution is -2.28. The molecule has 0 amide bonds. The van der Waals surface area contributed by atoms with E-state index < -0.39 is 0 Å². The average Bonchev–Trinajstić information content (AvgIpc) is 3.26. The van der Waals surface area contributed by atoms with Gasteiger partial charge in [0.25, 0.3) is 0 Å². The highest BCUT2D eigenvalue weighted by Crippen LogP contribution is 2.49. The minimum atomic E-state index is -0.145. The van der Waals surface area contributed by atoms with Gasteiger partial charge in [-0.25, -0.2) is 0 Å². The second kappa shape index (κ2) is 10.6. The molecule has 0 saturated carbocycles. The van der Waals surface area contributed by atoms with Crippen molar-refractivity contribution in [3.63, 3.8) is 0 Å². The summed E-state index contributed by atoms with van der Waals surface area (Å²) in [5.41, 5.74) is 7.68. The topological polar surface area (TPSA) is 28.0 Å². The Bertz CT molecular complexity index is 1500. The lowest BCUT2D eigenvalue weighted by Gasteiger charge is -2.25. The fourth-order valence-electron chi connectivity index (χ4n) is 6.27. The summed E-state index contributed by atoms with van der Waals surface area (Å²) in [5, 5.41) is 4.17. The first-order chi connectivity index (χ1) is 18.6. The Morgan fingerprint density at radius 1 is 0.974 bits per heavy atom. The van der Waals surface area contributed by atoms with Crippen molar-refractivity contribution in [3.05, 3.63) is 89.6 Å². The Morgan fingerprint density at radius 3 is 2.46 bits per heavy atom.